The quantitative estimate of drug-likeness (QED) is 0.873. The molecule has 23 heavy (non-hydrogen) atoms. The monoisotopic (exact) mass is 330 g/mol. The lowest BCUT2D eigenvalue weighted by Crippen LogP contribution is -2.28. The molecule has 2 aromatic carbocycles. The van der Waals surface area contributed by atoms with E-state index in [9.17, 15) is 4.79 Å². The van der Waals surface area contributed by atoms with E-state index >= 15 is 0 Å². The number of hydrogen-bond acceptors (Lipinski definition) is 5. The summed E-state index contributed by atoms with van der Waals surface area (Å²) in [5.74, 6) is 1.76. The Hall–Kier alpha value is -2.34. The summed E-state index contributed by atoms with van der Waals surface area (Å²) in [4.78, 5) is 14.2. The number of rotatable bonds is 4. The van der Waals surface area contributed by atoms with Gasteiger partial charge < -0.3 is 15.2 Å². The number of anilines is 2. The van der Waals surface area contributed by atoms with Gasteiger partial charge in [0.15, 0.2) is 0 Å². The van der Waals surface area contributed by atoms with Gasteiger partial charge in [-0.25, -0.2) is 0 Å². The summed E-state index contributed by atoms with van der Waals surface area (Å²) in [6, 6.07) is 13.1. The standard InChI is InChI=1S/C17H18N2O3S/c1-21-13-6-7-14(15(9-13)22-2)19-16(20)10-23-17(19)11-4-3-5-12(18)8-11/h3-9,17H,10,18H2,1-2H3/t17-/m0/s1. The lowest BCUT2D eigenvalue weighted by molar-refractivity contribution is -0.115. The molecule has 1 atom stereocenters. The molecule has 5 nitrogen and oxygen atoms in total. The molecule has 6 heteroatoms. The maximum absolute atomic E-state index is 12.5. The van der Waals surface area contributed by atoms with Gasteiger partial charge in [0, 0.05) is 11.8 Å². The molecule has 0 aliphatic carbocycles. The van der Waals surface area contributed by atoms with Crippen molar-refractivity contribution in [3.63, 3.8) is 0 Å². The van der Waals surface area contributed by atoms with Crippen LogP contribution in [0.25, 0.3) is 0 Å². The van der Waals surface area contributed by atoms with Crippen LogP contribution in [0.15, 0.2) is 42.5 Å². The Balaban J connectivity index is 2.04. The van der Waals surface area contributed by atoms with Crippen molar-refractivity contribution >= 4 is 29.0 Å². The van der Waals surface area contributed by atoms with Crippen LogP contribution in [0.2, 0.25) is 0 Å². The van der Waals surface area contributed by atoms with E-state index in [2.05, 4.69) is 0 Å². The number of ether oxygens (including phenoxy) is 2. The van der Waals surface area contributed by atoms with Gasteiger partial charge in [-0.3, -0.25) is 9.69 Å². The molecule has 3 rings (SSSR count). The third-order valence-corrected chi connectivity index (χ3v) is 4.92. The Kier molecular flexibility index (Phi) is 4.34. The maximum Gasteiger partial charge on any atom is 0.238 e. The molecule has 2 aromatic rings. The summed E-state index contributed by atoms with van der Waals surface area (Å²) in [5.41, 5.74) is 8.30. The Morgan fingerprint density at radius 3 is 2.70 bits per heavy atom. The molecule has 0 bridgehead atoms. The first kappa shape index (κ1) is 15.6. The van der Waals surface area contributed by atoms with Crippen LogP contribution in [0.3, 0.4) is 0 Å². The minimum Gasteiger partial charge on any atom is -0.497 e. The van der Waals surface area contributed by atoms with E-state index in [1.165, 1.54) is 0 Å². The molecule has 0 aromatic heterocycles. The molecule has 2 N–H and O–H groups in total. The Bertz CT molecular complexity index is 736. The molecule has 0 unspecified atom stereocenters. The number of carbonyl (C=O) groups is 1. The predicted octanol–water partition coefficient (Wildman–Crippen LogP) is 3.06. The van der Waals surface area contributed by atoms with E-state index in [4.69, 9.17) is 15.2 Å². The summed E-state index contributed by atoms with van der Waals surface area (Å²) in [6.45, 7) is 0. The third kappa shape index (κ3) is 2.94. The van der Waals surface area contributed by atoms with Crippen molar-refractivity contribution < 1.29 is 14.3 Å². The van der Waals surface area contributed by atoms with Crippen molar-refractivity contribution in [3.8, 4) is 11.5 Å². The number of carbonyl (C=O) groups excluding carboxylic acids is 1. The van der Waals surface area contributed by atoms with Gasteiger partial charge in [0.2, 0.25) is 5.91 Å². The zero-order valence-corrected chi connectivity index (χ0v) is 13.8. The van der Waals surface area contributed by atoms with Gasteiger partial charge in [0.25, 0.3) is 0 Å². The van der Waals surface area contributed by atoms with Gasteiger partial charge in [0.1, 0.15) is 16.9 Å². The number of nitrogen functional groups attached to an aromatic ring is 1. The molecule has 0 saturated carbocycles. The fourth-order valence-electron chi connectivity index (χ4n) is 2.63. The second kappa shape index (κ2) is 6.42. The van der Waals surface area contributed by atoms with Crippen molar-refractivity contribution in [2.45, 2.75) is 5.37 Å². The van der Waals surface area contributed by atoms with E-state index in [0.717, 1.165) is 11.3 Å². The molecular weight excluding hydrogens is 312 g/mol. The highest BCUT2D eigenvalue weighted by Gasteiger charge is 2.35. The number of nitrogens with two attached hydrogens (primary N) is 1. The van der Waals surface area contributed by atoms with Crippen LogP contribution in [0.4, 0.5) is 11.4 Å². The van der Waals surface area contributed by atoms with Crippen LogP contribution < -0.4 is 20.1 Å². The largest absolute Gasteiger partial charge is 0.497 e. The average Bonchev–Trinajstić information content (AvgIpc) is 2.95. The first-order chi connectivity index (χ1) is 11.1. The molecule has 1 heterocycles. The lowest BCUT2D eigenvalue weighted by atomic mass is 10.1. The van der Waals surface area contributed by atoms with Crippen molar-refractivity contribution in [1.29, 1.82) is 0 Å². The summed E-state index contributed by atoms with van der Waals surface area (Å²) in [6.07, 6.45) is 0. The first-order valence-corrected chi connectivity index (χ1v) is 8.20. The van der Waals surface area contributed by atoms with Gasteiger partial charge in [-0.05, 0) is 29.8 Å². The van der Waals surface area contributed by atoms with Crippen LogP contribution in [0.1, 0.15) is 10.9 Å². The predicted molar refractivity (Wildman–Crippen MR) is 93.1 cm³/mol. The number of nitrogens with zero attached hydrogens (tertiary/aromatic N) is 1. The number of benzene rings is 2. The second-order valence-corrected chi connectivity index (χ2v) is 6.20. The molecule has 0 spiro atoms. The summed E-state index contributed by atoms with van der Waals surface area (Å²) >= 11 is 1.58. The number of hydrogen-bond donors (Lipinski definition) is 1. The topological polar surface area (TPSA) is 64.8 Å². The molecule has 1 saturated heterocycles. The van der Waals surface area contributed by atoms with Crippen LogP contribution in [-0.2, 0) is 4.79 Å². The summed E-state index contributed by atoms with van der Waals surface area (Å²) in [7, 11) is 3.18. The fourth-order valence-corrected chi connectivity index (χ4v) is 3.79. The van der Waals surface area contributed by atoms with Gasteiger partial charge in [-0.1, -0.05) is 12.1 Å². The molecular formula is C17H18N2O3S. The molecule has 120 valence electrons. The second-order valence-electron chi connectivity index (χ2n) is 5.14. The van der Waals surface area contributed by atoms with Crippen LogP contribution in [0.5, 0.6) is 11.5 Å². The third-order valence-electron chi connectivity index (χ3n) is 3.71. The SMILES string of the molecule is COc1ccc(N2C(=O)CS[C@H]2c2cccc(N)c2)c(OC)c1. The fraction of sp³-hybridized carbons (Fsp3) is 0.235. The zero-order chi connectivity index (χ0) is 16.4. The molecule has 1 aliphatic heterocycles. The van der Waals surface area contributed by atoms with E-state index in [0.29, 0.717) is 22.9 Å². The average molecular weight is 330 g/mol. The zero-order valence-electron chi connectivity index (χ0n) is 13.0. The lowest BCUT2D eigenvalue weighted by Gasteiger charge is -2.26. The minimum atomic E-state index is -0.117. The molecule has 1 amide bonds. The van der Waals surface area contributed by atoms with Gasteiger partial charge in [0.05, 0.1) is 25.7 Å². The first-order valence-electron chi connectivity index (χ1n) is 7.15. The van der Waals surface area contributed by atoms with Crippen molar-refractivity contribution in [3.05, 3.63) is 48.0 Å². The van der Waals surface area contributed by atoms with E-state index in [1.54, 1.807) is 36.9 Å². The van der Waals surface area contributed by atoms with Crippen LogP contribution in [-0.4, -0.2) is 25.9 Å². The summed E-state index contributed by atoms with van der Waals surface area (Å²) in [5, 5.41) is -0.117. The van der Waals surface area contributed by atoms with Crippen molar-refractivity contribution in [2.75, 3.05) is 30.6 Å². The molecule has 0 radical (unpaired) electrons. The number of amides is 1. The smallest absolute Gasteiger partial charge is 0.238 e. The maximum atomic E-state index is 12.5. The van der Waals surface area contributed by atoms with Crippen molar-refractivity contribution in [1.82, 2.24) is 0 Å². The Morgan fingerprint density at radius 2 is 2.00 bits per heavy atom. The van der Waals surface area contributed by atoms with E-state index in [1.807, 2.05) is 36.4 Å². The highest BCUT2D eigenvalue weighted by molar-refractivity contribution is 8.00. The Labute approximate surface area is 139 Å². The highest BCUT2D eigenvalue weighted by Crippen LogP contribution is 2.45. The minimum absolute atomic E-state index is 0.0471. The van der Waals surface area contributed by atoms with Crippen LogP contribution in [0, 0.1) is 0 Å². The number of methoxy groups -OCH3 is 2. The Morgan fingerprint density at radius 1 is 1.17 bits per heavy atom. The molecule has 1 aliphatic rings. The number of thioether (sulfide) groups is 1. The van der Waals surface area contributed by atoms with Crippen molar-refractivity contribution in [2.24, 2.45) is 0 Å². The summed E-state index contributed by atoms with van der Waals surface area (Å²) < 4.78 is 10.7. The van der Waals surface area contributed by atoms with E-state index < -0.39 is 0 Å². The normalized spacial score (nSPS) is 17.4. The molecule has 1 fully saturated rings. The van der Waals surface area contributed by atoms with Gasteiger partial charge in [-0.15, -0.1) is 11.8 Å². The van der Waals surface area contributed by atoms with Crippen LogP contribution >= 0.6 is 11.8 Å². The van der Waals surface area contributed by atoms with E-state index in [-0.39, 0.29) is 11.3 Å². The highest BCUT2D eigenvalue weighted by atomic mass is 32.2. The van der Waals surface area contributed by atoms with Gasteiger partial charge >= 0.3 is 0 Å². The van der Waals surface area contributed by atoms with Gasteiger partial charge in [-0.2, -0.15) is 0 Å².